The number of rotatable bonds is 5. The maximum atomic E-state index is 12.6. The number of aromatic amines is 1. The Kier molecular flexibility index (Phi) is 5.23. The summed E-state index contributed by atoms with van der Waals surface area (Å²) in [5.41, 5.74) is 0.678. The zero-order valence-electron chi connectivity index (χ0n) is 14.6. The summed E-state index contributed by atoms with van der Waals surface area (Å²) < 4.78 is 5.16. The number of likely N-dealkylation sites (tertiary alicyclic amines) is 1. The number of urea groups is 1. The van der Waals surface area contributed by atoms with Crippen molar-refractivity contribution in [2.24, 2.45) is 0 Å². The van der Waals surface area contributed by atoms with Gasteiger partial charge in [-0.1, -0.05) is 6.92 Å². The van der Waals surface area contributed by atoms with Gasteiger partial charge in [-0.2, -0.15) is 0 Å². The molecule has 1 aromatic heterocycles. The molecule has 2 heterocycles. The fourth-order valence-electron chi connectivity index (χ4n) is 3.34. The van der Waals surface area contributed by atoms with Crippen molar-refractivity contribution in [2.45, 2.75) is 25.8 Å². The second kappa shape index (κ2) is 7.57. The summed E-state index contributed by atoms with van der Waals surface area (Å²) in [6.07, 6.45) is 3.77. The van der Waals surface area contributed by atoms with E-state index in [-0.39, 0.29) is 17.1 Å². The molecule has 7 nitrogen and oxygen atoms in total. The number of carbonyl (C=O) groups is 1. The molecule has 1 saturated heterocycles. The number of H-pyrrole nitrogens is 1. The maximum Gasteiger partial charge on any atom is 0.319 e. The number of likely N-dealkylation sites (N-methyl/N-ethyl adjacent to an activating group) is 1. The topological polar surface area (TPSA) is 86.5 Å². The highest BCUT2D eigenvalue weighted by atomic mass is 16.5. The number of nitrogens with zero attached hydrogens (tertiary/aromatic N) is 1. The van der Waals surface area contributed by atoms with Gasteiger partial charge in [-0.15, -0.1) is 0 Å². The molecule has 0 radical (unpaired) electrons. The van der Waals surface area contributed by atoms with Crippen LogP contribution in [0.3, 0.4) is 0 Å². The smallest absolute Gasteiger partial charge is 0.319 e. The fourth-order valence-corrected chi connectivity index (χ4v) is 3.34. The minimum atomic E-state index is -0.365. The van der Waals surface area contributed by atoms with Gasteiger partial charge in [0.15, 0.2) is 0 Å². The summed E-state index contributed by atoms with van der Waals surface area (Å²) in [7, 11) is 1.55. The van der Waals surface area contributed by atoms with Crippen molar-refractivity contribution >= 4 is 22.6 Å². The molecule has 0 saturated carbocycles. The molecule has 25 heavy (non-hydrogen) atoms. The SMILES string of the molecule is CCN1CCCC1CNC(=O)Nc1c[nH]c2ccc(OC)cc2c1=O. The fraction of sp³-hybridized carbons (Fsp3) is 0.444. The predicted molar refractivity (Wildman–Crippen MR) is 98.4 cm³/mol. The van der Waals surface area contributed by atoms with Gasteiger partial charge in [0, 0.05) is 24.3 Å². The number of fused-ring (bicyclic) bond motifs is 1. The van der Waals surface area contributed by atoms with Crippen LogP contribution in [-0.2, 0) is 0 Å². The maximum absolute atomic E-state index is 12.6. The molecule has 3 rings (SSSR count). The van der Waals surface area contributed by atoms with Crippen LogP contribution in [0.4, 0.5) is 10.5 Å². The van der Waals surface area contributed by atoms with Crippen molar-refractivity contribution in [1.29, 1.82) is 0 Å². The number of amides is 2. The molecule has 7 heteroatoms. The van der Waals surface area contributed by atoms with E-state index in [4.69, 9.17) is 4.74 Å². The molecule has 0 bridgehead atoms. The van der Waals surface area contributed by atoms with Crippen molar-refractivity contribution < 1.29 is 9.53 Å². The first-order chi connectivity index (χ1) is 12.1. The number of methoxy groups -OCH3 is 1. The monoisotopic (exact) mass is 344 g/mol. The van der Waals surface area contributed by atoms with E-state index in [2.05, 4.69) is 27.4 Å². The van der Waals surface area contributed by atoms with E-state index in [9.17, 15) is 9.59 Å². The summed E-state index contributed by atoms with van der Waals surface area (Å²) in [4.78, 5) is 30.1. The van der Waals surface area contributed by atoms with Gasteiger partial charge < -0.3 is 20.4 Å². The van der Waals surface area contributed by atoms with Crippen LogP contribution >= 0.6 is 0 Å². The second-order valence-corrected chi connectivity index (χ2v) is 6.20. The van der Waals surface area contributed by atoms with Crippen LogP contribution in [0.5, 0.6) is 5.75 Å². The largest absolute Gasteiger partial charge is 0.497 e. The minimum Gasteiger partial charge on any atom is -0.497 e. The molecule has 1 fully saturated rings. The zero-order valence-corrected chi connectivity index (χ0v) is 14.6. The van der Waals surface area contributed by atoms with Crippen LogP contribution in [0, 0.1) is 0 Å². The summed E-state index contributed by atoms with van der Waals surface area (Å²) in [5.74, 6) is 0.598. The third-order valence-corrected chi connectivity index (χ3v) is 4.74. The van der Waals surface area contributed by atoms with Gasteiger partial charge in [0.2, 0.25) is 5.43 Å². The van der Waals surface area contributed by atoms with E-state index in [1.54, 1.807) is 25.3 Å². The number of hydrogen-bond acceptors (Lipinski definition) is 4. The Balaban J connectivity index is 1.68. The number of pyridine rings is 1. The molecule has 3 N–H and O–H groups in total. The van der Waals surface area contributed by atoms with E-state index < -0.39 is 0 Å². The normalized spacial score (nSPS) is 17.6. The quantitative estimate of drug-likeness (QED) is 0.776. The van der Waals surface area contributed by atoms with Crippen LogP contribution in [-0.4, -0.2) is 48.7 Å². The number of aromatic nitrogens is 1. The molecule has 134 valence electrons. The van der Waals surface area contributed by atoms with Gasteiger partial charge >= 0.3 is 6.03 Å². The van der Waals surface area contributed by atoms with Crippen LogP contribution in [0.15, 0.2) is 29.2 Å². The second-order valence-electron chi connectivity index (χ2n) is 6.20. The van der Waals surface area contributed by atoms with Gasteiger partial charge in [0.25, 0.3) is 0 Å². The van der Waals surface area contributed by atoms with E-state index in [1.165, 1.54) is 6.20 Å². The zero-order chi connectivity index (χ0) is 17.8. The van der Waals surface area contributed by atoms with Crippen molar-refractivity contribution in [1.82, 2.24) is 15.2 Å². The lowest BCUT2D eigenvalue weighted by molar-refractivity contribution is 0.238. The number of anilines is 1. The molecule has 1 aliphatic heterocycles. The Labute approximate surface area is 146 Å². The summed E-state index contributed by atoms with van der Waals surface area (Å²) in [6, 6.07) is 5.22. The highest BCUT2D eigenvalue weighted by Gasteiger charge is 2.23. The number of hydrogen-bond donors (Lipinski definition) is 3. The molecule has 0 spiro atoms. The standard InChI is InChI=1S/C18H24N4O3/c1-3-22-8-4-5-12(22)10-20-18(24)21-16-11-19-15-7-6-13(25-2)9-14(15)17(16)23/h6-7,9,11-12H,3-5,8,10H2,1-2H3,(H,19,23)(H2,20,21,24). The number of ether oxygens (including phenoxy) is 1. The van der Waals surface area contributed by atoms with Crippen LogP contribution < -0.4 is 20.8 Å². The third kappa shape index (κ3) is 3.76. The molecule has 2 amide bonds. The van der Waals surface area contributed by atoms with Gasteiger partial charge in [-0.05, 0) is 44.1 Å². The first kappa shape index (κ1) is 17.3. The predicted octanol–water partition coefficient (Wildman–Crippen LogP) is 2.14. The Bertz CT molecular complexity index is 818. The van der Waals surface area contributed by atoms with Gasteiger partial charge in [0.05, 0.1) is 12.5 Å². The Hall–Kier alpha value is -2.54. The van der Waals surface area contributed by atoms with Crippen LogP contribution in [0.2, 0.25) is 0 Å². The van der Waals surface area contributed by atoms with Crippen LogP contribution in [0.25, 0.3) is 10.9 Å². The van der Waals surface area contributed by atoms with Crippen molar-refractivity contribution in [3.63, 3.8) is 0 Å². The van der Waals surface area contributed by atoms with Crippen molar-refractivity contribution in [2.75, 3.05) is 32.1 Å². The van der Waals surface area contributed by atoms with Crippen LogP contribution in [0.1, 0.15) is 19.8 Å². The molecule has 1 atom stereocenters. The van der Waals surface area contributed by atoms with E-state index in [0.29, 0.717) is 29.2 Å². The van der Waals surface area contributed by atoms with Gasteiger partial charge in [-0.3, -0.25) is 9.69 Å². The van der Waals surface area contributed by atoms with Gasteiger partial charge in [0.1, 0.15) is 11.4 Å². The molecule has 1 aromatic carbocycles. The molecule has 0 aliphatic carbocycles. The van der Waals surface area contributed by atoms with Gasteiger partial charge in [-0.25, -0.2) is 4.79 Å². The molecule has 1 unspecified atom stereocenters. The molecule has 2 aromatic rings. The minimum absolute atomic E-state index is 0.219. The van der Waals surface area contributed by atoms with Crippen molar-refractivity contribution in [3.05, 3.63) is 34.6 Å². The summed E-state index contributed by atoms with van der Waals surface area (Å²) in [5, 5.41) is 5.99. The number of nitrogens with one attached hydrogen (secondary N) is 3. The molecular formula is C18H24N4O3. The van der Waals surface area contributed by atoms with Crippen molar-refractivity contribution in [3.8, 4) is 5.75 Å². The van der Waals surface area contributed by atoms with E-state index in [1.807, 2.05) is 0 Å². The average molecular weight is 344 g/mol. The number of benzene rings is 1. The molecule has 1 aliphatic rings. The Morgan fingerprint density at radius 2 is 2.28 bits per heavy atom. The third-order valence-electron chi connectivity index (χ3n) is 4.74. The lowest BCUT2D eigenvalue weighted by Crippen LogP contribution is -2.41. The molecular weight excluding hydrogens is 320 g/mol. The lowest BCUT2D eigenvalue weighted by atomic mass is 10.2. The lowest BCUT2D eigenvalue weighted by Gasteiger charge is -2.22. The van der Waals surface area contributed by atoms with E-state index in [0.717, 1.165) is 25.9 Å². The highest BCUT2D eigenvalue weighted by Crippen LogP contribution is 2.18. The summed E-state index contributed by atoms with van der Waals surface area (Å²) >= 11 is 0. The summed E-state index contributed by atoms with van der Waals surface area (Å²) in [6.45, 7) is 4.77. The first-order valence-electron chi connectivity index (χ1n) is 8.60. The Morgan fingerprint density at radius 1 is 1.44 bits per heavy atom. The highest BCUT2D eigenvalue weighted by molar-refractivity contribution is 5.92. The van der Waals surface area contributed by atoms with E-state index >= 15 is 0 Å². The first-order valence-corrected chi connectivity index (χ1v) is 8.60. The average Bonchev–Trinajstić information content (AvgIpc) is 3.09. The Morgan fingerprint density at radius 3 is 3.04 bits per heavy atom. The number of carbonyl (C=O) groups excluding carboxylic acids is 1.